The van der Waals surface area contributed by atoms with Gasteiger partial charge in [-0.15, -0.1) is 0 Å². The zero-order valence-electron chi connectivity index (χ0n) is 13.8. The summed E-state index contributed by atoms with van der Waals surface area (Å²) in [6.07, 6.45) is 6.00. The van der Waals surface area contributed by atoms with Gasteiger partial charge < -0.3 is 10.6 Å². The maximum Gasteiger partial charge on any atom is 0.254 e. The van der Waals surface area contributed by atoms with E-state index in [9.17, 15) is 4.79 Å². The fraction of sp³-hybridized carbons (Fsp3) is 0.611. The average Bonchev–Trinajstić information content (AvgIpc) is 2.49. The predicted molar refractivity (Wildman–Crippen MR) is 88.5 cm³/mol. The number of benzene rings is 1. The molecule has 116 valence electrons. The van der Waals surface area contributed by atoms with E-state index in [4.69, 9.17) is 5.73 Å². The molecular formula is C18H28N2O. The van der Waals surface area contributed by atoms with Gasteiger partial charge in [-0.05, 0) is 62.6 Å². The van der Waals surface area contributed by atoms with Gasteiger partial charge in [0.05, 0.1) is 0 Å². The number of rotatable bonds is 3. The van der Waals surface area contributed by atoms with Gasteiger partial charge in [0.2, 0.25) is 0 Å². The van der Waals surface area contributed by atoms with Crippen LogP contribution in [0.1, 0.15) is 60.5 Å². The Bertz CT molecular complexity index is 516. The molecule has 0 radical (unpaired) electrons. The van der Waals surface area contributed by atoms with Gasteiger partial charge >= 0.3 is 0 Å². The summed E-state index contributed by atoms with van der Waals surface area (Å²) in [7, 11) is 1.94. The smallest absolute Gasteiger partial charge is 0.254 e. The molecule has 0 spiro atoms. The first-order valence-corrected chi connectivity index (χ1v) is 8.07. The minimum Gasteiger partial charge on any atom is -0.398 e. The van der Waals surface area contributed by atoms with Crippen LogP contribution in [0, 0.1) is 19.8 Å². The Hall–Kier alpha value is -1.51. The van der Waals surface area contributed by atoms with Gasteiger partial charge in [-0.1, -0.05) is 19.4 Å². The number of hydrogen-bond donors (Lipinski definition) is 1. The normalized spacial score (nSPS) is 22.1. The molecule has 2 N–H and O–H groups in total. The molecule has 0 saturated heterocycles. The molecule has 21 heavy (non-hydrogen) atoms. The van der Waals surface area contributed by atoms with Crippen LogP contribution in [0.15, 0.2) is 12.1 Å². The summed E-state index contributed by atoms with van der Waals surface area (Å²) in [6, 6.07) is 4.22. The second-order valence-corrected chi connectivity index (χ2v) is 6.52. The number of nitrogens with zero attached hydrogens (tertiary/aromatic N) is 1. The van der Waals surface area contributed by atoms with E-state index in [0.29, 0.717) is 11.7 Å². The highest BCUT2D eigenvalue weighted by atomic mass is 16.2. The van der Waals surface area contributed by atoms with Gasteiger partial charge in [0.25, 0.3) is 5.91 Å². The molecule has 0 heterocycles. The second-order valence-electron chi connectivity index (χ2n) is 6.52. The van der Waals surface area contributed by atoms with Crippen molar-refractivity contribution in [1.29, 1.82) is 0 Å². The summed E-state index contributed by atoms with van der Waals surface area (Å²) in [4.78, 5) is 14.7. The van der Waals surface area contributed by atoms with E-state index < -0.39 is 0 Å². The van der Waals surface area contributed by atoms with Crippen LogP contribution in [0.25, 0.3) is 0 Å². The summed E-state index contributed by atoms with van der Waals surface area (Å²) in [5.74, 6) is 0.959. The van der Waals surface area contributed by atoms with E-state index in [1.807, 2.05) is 37.9 Å². The van der Waals surface area contributed by atoms with Crippen LogP contribution < -0.4 is 5.73 Å². The Morgan fingerprint density at radius 1 is 1.19 bits per heavy atom. The number of carbonyl (C=O) groups excluding carboxylic acids is 1. The van der Waals surface area contributed by atoms with Gasteiger partial charge in [0.15, 0.2) is 0 Å². The van der Waals surface area contributed by atoms with Gasteiger partial charge in [-0.2, -0.15) is 0 Å². The minimum absolute atomic E-state index is 0.110. The molecule has 0 unspecified atom stereocenters. The summed E-state index contributed by atoms with van der Waals surface area (Å²) in [5, 5.41) is 0. The number of nitrogen functional groups attached to an aromatic ring is 1. The highest BCUT2D eigenvalue weighted by molar-refractivity contribution is 5.96. The summed E-state index contributed by atoms with van der Waals surface area (Å²) in [6.45, 7) is 6.23. The lowest BCUT2D eigenvalue weighted by Crippen LogP contribution is -2.39. The molecule has 1 aliphatic rings. The molecule has 0 aromatic heterocycles. The topological polar surface area (TPSA) is 46.3 Å². The Labute approximate surface area is 128 Å². The summed E-state index contributed by atoms with van der Waals surface area (Å²) < 4.78 is 0. The highest BCUT2D eigenvalue weighted by Gasteiger charge is 2.27. The van der Waals surface area contributed by atoms with Crippen LogP contribution in [0.2, 0.25) is 0 Å². The van der Waals surface area contributed by atoms with Crippen LogP contribution in [0.3, 0.4) is 0 Å². The monoisotopic (exact) mass is 288 g/mol. The SMILES string of the molecule is CCC1CCC(N(C)C(=O)c2cc(N)c(C)cc2C)CC1. The molecule has 0 atom stereocenters. The molecule has 2 rings (SSSR count). The number of nitrogens with two attached hydrogens (primary N) is 1. The van der Waals surface area contributed by atoms with Crippen molar-refractivity contribution >= 4 is 11.6 Å². The molecule has 3 heteroatoms. The van der Waals surface area contributed by atoms with Crippen molar-refractivity contribution in [2.45, 2.75) is 58.9 Å². The number of amides is 1. The van der Waals surface area contributed by atoms with E-state index in [0.717, 1.165) is 35.4 Å². The molecule has 1 amide bonds. The van der Waals surface area contributed by atoms with Crippen LogP contribution in [0.4, 0.5) is 5.69 Å². The fourth-order valence-electron chi connectivity index (χ4n) is 3.40. The minimum atomic E-state index is 0.110. The number of aryl methyl sites for hydroxylation is 2. The Kier molecular flexibility index (Phi) is 4.92. The van der Waals surface area contributed by atoms with Gasteiger partial charge in [-0.25, -0.2) is 0 Å². The number of carbonyl (C=O) groups is 1. The lowest BCUT2D eigenvalue weighted by Gasteiger charge is -2.34. The van der Waals surface area contributed by atoms with Crippen LogP contribution in [-0.2, 0) is 0 Å². The summed E-state index contributed by atoms with van der Waals surface area (Å²) in [5.41, 5.74) is 9.47. The van der Waals surface area contributed by atoms with Crippen LogP contribution in [-0.4, -0.2) is 23.9 Å². The zero-order chi connectivity index (χ0) is 15.6. The van der Waals surface area contributed by atoms with Crippen LogP contribution in [0.5, 0.6) is 0 Å². The zero-order valence-corrected chi connectivity index (χ0v) is 13.8. The molecule has 0 bridgehead atoms. The molecule has 1 aromatic carbocycles. The largest absolute Gasteiger partial charge is 0.398 e. The first-order valence-electron chi connectivity index (χ1n) is 8.07. The van der Waals surface area contributed by atoms with E-state index >= 15 is 0 Å². The van der Waals surface area contributed by atoms with Crippen molar-refractivity contribution in [3.8, 4) is 0 Å². The maximum absolute atomic E-state index is 12.7. The van der Waals surface area contributed by atoms with Gasteiger partial charge in [0.1, 0.15) is 0 Å². The van der Waals surface area contributed by atoms with Crippen molar-refractivity contribution in [1.82, 2.24) is 4.90 Å². The first-order chi connectivity index (χ1) is 9.93. The third-order valence-corrected chi connectivity index (χ3v) is 5.11. The van der Waals surface area contributed by atoms with E-state index in [1.165, 1.54) is 19.3 Å². The lowest BCUT2D eigenvalue weighted by atomic mass is 9.84. The van der Waals surface area contributed by atoms with Gasteiger partial charge in [0, 0.05) is 24.3 Å². The average molecular weight is 288 g/mol. The summed E-state index contributed by atoms with van der Waals surface area (Å²) >= 11 is 0. The molecule has 3 nitrogen and oxygen atoms in total. The Balaban J connectivity index is 2.11. The van der Waals surface area contributed by atoms with E-state index in [-0.39, 0.29) is 5.91 Å². The number of hydrogen-bond acceptors (Lipinski definition) is 2. The third-order valence-electron chi connectivity index (χ3n) is 5.11. The molecule has 0 aliphatic heterocycles. The Morgan fingerprint density at radius 3 is 2.38 bits per heavy atom. The molecular weight excluding hydrogens is 260 g/mol. The van der Waals surface area contributed by atoms with E-state index in [2.05, 4.69) is 6.92 Å². The molecule has 1 fully saturated rings. The molecule has 1 aliphatic carbocycles. The van der Waals surface area contributed by atoms with Crippen LogP contribution >= 0.6 is 0 Å². The molecule has 1 saturated carbocycles. The first kappa shape index (κ1) is 15.9. The molecule has 1 aromatic rings. The Morgan fingerprint density at radius 2 is 1.81 bits per heavy atom. The van der Waals surface area contributed by atoms with Crippen molar-refractivity contribution in [2.75, 3.05) is 12.8 Å². The van der Waals surface area contributed by atoms with E-state index in [1.54, 1.807) is 0 Å². The standard InChI is InChI=1S/C18H28N2O/c1-5-14-6-8-15(9-7-14)20(4)18(21)16-11-17(19)13(3)10-12(16)2/h10-11,14-15H,5-9,19H2,1-4H3. The maximum atomic E-state index is 12.7. The second kappa shape index (κ2) is 6.50. The quantitative estimate of drug-likeness (QED) is 0.857. The highest BCUT2D eigenvalue weighted by Crippen LogP contribution is 2.30. The fourth-order valence-corrected chi connectivity index (χ4v) is 3.40. The van der Waals surface area contributed by atoms with Crippen molar-refractivity contribution in [3.05, 3.63) is 28.8 Å². The van der Waals surface area contributed by atoms with Gasteiger partial charge in [-0.3, -0.25) is 4.79 Å². The van der Waals surface area contributed by atoms with Crippen molar-refractivity contribution < 1.29 is 4.79 Å². The van der Waals surface area contributed by atoms with Crippen molar-refractivity contribution in [3.63, 3.8) is 0 Å². The van der Waals surface area contributed by atoms with Crippen molar-refractivity contribution in [2.24, 2.45) is 5.92 Å². The third kappa shape index (κ3) is 3.39. The lowest BCUT2D eigenvalue weighted by molar-refractivity contribution is 0.0674. The number of anilines is 1. The predicted octanol–water partition coefficient (Wildman–Crippen LogP) is 3.93.